The summed E-state index contributed by atoms with van der Waals surface area (Å²) in [7, 11) is 0. The first kappa shape index (κ1) is 17.5. The Hall–Kier alpha value is -2.33. The normalized spacial score (nSPS) is 13.0. The quantitative estimate of drug-likeness (QED) is 0.897. The molecule has 0 unspecified atom stereocenters. The van der Waals surface area contributed by atoms with Gasteiger partial charge in [-0.1, -0.05) is 37.6 Å². The highest BCUT2D eigenvalue weighted by Gasteiger charge is 2.26. The third-order valence-electron chi connectivity index (χ3n) is 4.30. The van der Waals surface area contributed by atoms with E-state index in [4.69, 9.17) is 11.6 Å². The van der Waals surface area contributed by atoms with Gasteiger partial charge in [0.2, 0.25) is 11.8 Å². The summed E-state index contributed by atoms with van der Waals surface area (Å²) in [4.78, 5) is 26.3. The van der Waals surface area contributed by atoms with Gasteiger partial charge < -0.3 is 10.2 Å². The summed E-state index contributed by atoms with van der Waals surface area (Å²) in [6.07, 6.45) is 1.11. The number of rotatable bonds is 4. The molecule has 1 N–H and O–H groups in total. The summed E-state index contributed by atoms with van der Waals surface area (Å²) < 4.78 is 0. The second-order valence-corrected chi connectivity index (χ2v) is 7.03. The van der Waals surface area contributed by atoms with E-state index in [1.165, 1.54) is 0 Å². The Morgan fingerprint density at radius 1 is 1.16 bits per heavy atom. The van der Waals surface area contributed by atoms with Crippen molar-refractivity contribution in [1.82, 2.24) is 0 Å². The highest BCUT2D eigenvalue weighted by atomic mass is 35.5. The van der Waals surface area contributed by atoms with Gasteiger partial charge in [-0.3, -0.25) is 9.59 Å². The summed E-state index contributed by atoms with van der Waals surface area (Å²) in [6.45, 7) is 4.52. The molecule has 25 heavy (non-hydrogen) atoms. The number of hydrogen-bond acceptors (Lipinski definition) is 2. The van der Waals surface area contributed by atoms with Crippen molar-refractivity contribution in [3.05, 3.63) is 58.6 Å². The summed E-state index contributed by atoms with van der Waals surface area (Å²) in [6, 6.07) is 13.0. The van der Waals surface area contributed by atoms with Crippen LogP contribution in [0.25, 0.3) is 0 Å². The maximum absolute atomic E-state index is 12.2. The van der Waals surface area contributed by atoms with Gasteiger partial charge in [0.1, 0.15) is 0 Å². The number of nitrogens with zero attached hydrogens (tertiary/aromatic N) is 1. The zero-order chi connectivity index (χ0) is 18.0. The fraction of sp³-hybridized carbons (Fsp3) is 0.300. The molecule has 1 aliphatic heterocycles. The summed E-state index contributed by atoms with van der Waals surface area (Å²) in [5.74, 6) is 0.0401. The largest absolute Gasteiger partial charge is 0.326 e. The second-order valence-electron chi connectivity index (χ2n) is 6.59. The van der Waals surface area contributed by atoms with Crippen LogP contribution in [-0.4, -0.2) is 18.4 Å². The number of carbonyl (C=O) groups is 2. The van der Waals surface area contributed by atoms with E-state index in [1.807, 2.05) is 49.1 Å². The number of amides is 2. The Balaban J connectivity index is 1.67. The Bertz CT molecular complexity index is 800. The molecule has 2 aromatic carbocycles. The molecule has 2 aromatic rings. The molecule has 0 aliphatic carbocycles. The van der Waals surface area contributed by atoms with Crippen molar-refractivity contribution in [2.45, 2.75) is 26.7 Å². The van der Waals surface area contributed by atoms with Crippen LogP contribution in [0.15, 0.2) is 42.5 Å². The van der Waals surface area contributed by atoms with Crippen molar-refractivity contribution in [2.75, 3.05) is 16.8 Å². The molecule has 0 atom stereocenters. The lowest BCUT2D eigenvalue weighted by Gasteiger charge is -2.19. The second kappa shape index (κ2) is 7.28. The van der Waals surface area contributed by atoms with Crippen molar-refractivity contribution in [3.8, 4) is 0 Å². The van der Waals surface area contributed by atoms with Crippen LogP contribution in [0.1, 0.15) is 25.0 Å². The molecular formula is C20H21ClN2O2. The van der Waals surface area contributed by atoms with E-state index < -0.39 is 0 Å². The molecule has 2 amide bonds. The zero-order valence-corrected chi connectivity index (χ0v) is 15.1. The molecule has 0 aromatic heterocycles. The van der Waals surface area contributed by atoms with E-state index in [1.54, 1.807) is 12.1 Å². The van der Waals surface area contributed by atoms with Crippen LogP contribution in [0, 0.1) is 5.92 Å². The van der Waals surface area contributed by atoms with Gasteiger partial charge in [0.25, 0.3) is 0 Å². The van der Waals surface area contributed by atoms with Crippen molar-refractivity contribution in [3.63, 3.8) is 0 Å². The third-order valence-corrected chi connectivity index (χ3v) is 4.55. The van der Waals surface area contributed by atoms with Crippen molar-refractivity contribution < 1.29 is 9.59 Å². The summed E-state index contributed by atoms with van der Waals surface area (Å²) in [5.41, 5.74) is 3.72. The molecule has 1 aliphatic rings. The van der Waals surface area contributed by atoms with Gasteiger partial charge in [0, 0.05) is 28.9 Å². The monoisotopic (exact) mass is 356 g/mol. The van der Waals surface area contributed by atoms with E-state index in [2.05, 4.69) is 5.32 Å². The number of nitrogens with one attached hydrogen (secondary N) is 1. The van der Waals surface area contributed by atoms with Crippen LogP contribution in [0.3, 0.4) is 0 Å². The van der Waals surface area contributed by atoms with Gasteiger partial charge in [0.15, 0.2) is 0 Å². The number of carbonyl (C=O) groups excluding carboxylic acids is 2. The van der Waals surface area contributed by atoms with Crippen LogP contribution in [-0.2, 0) is 22.4 Å². The van der Waals surface area contributed by atoms with Gasteiger partial charge in [-0.15, -0.1) is 0 Å². The maximum Gasteiger partial charge on any atom is 0.229 e. The van der Waals surface area contributed by atoms with Crippen molar-refractivity contribution in [1.29, 1.82) is 0 Å². The molecule has 0 spiro atoms. The van der Waals surface area contributed by atoms with E-state index in [9.17, 15) is 9.59 Å². The molecule has 5 heteroatoms. The van der Waals surface area contributed by atoms with E-state index in [0.29, 0.717) is 18.0 Å². The molecule has 3 rings (SSSR count). The van der Waals surface area contributed by atoms with Gasteiger partial charge in [-0.25, -0.2) is 0 Å². The first-order valence-electron chi connectivity index (χ1n) is 8.42. The van der Waals surface area contributed by atoms with Crippen LogP contribution in [0.5, 0.6) is 0 Å². The van der Waals surface area contributed by atoms with E-state index in [-0.39, 0.29) is 17.7 Å². The third kappa shape index (κ3) is 4.02. The first-order valence-corrected chi connectivity index (χ1v) is 8.80. The number of fused-ring (bicyclic) bond motifs is 1. The predicted octanol–water partition coefficient (Wildman–Crippen LogP) is 4.07. The fourth-order valence-electron chi connectivity index (χ4n) is 3.01. The van der Waals surface area contributed by atoms with E-state index in [0.717, 1.165) is 28.9 Å². The van der Waals surface area contributed by atoms with Crippen molar-refractivity contribution >= 4 is 34.8 Å². The lowest BCUT2D eigenvalue weighted by molar-refractivity contribution is -0.121. The SMILES string of the molecule is CC(C)C(=O)N1CCc2cc(NC(=O)Cc3ccc(Cl)cc3)ccc21. The molecular weight excluding hydrogens is 336 g/mol. The Kier molecular flexibility index (Phi) is 5.09. The lowest BCUT2D eigenvalue weighted by atomic mass is 10.1. The molecule has 0 saturated heterocycles. The minimum atomic E-state index is -0.0737. The van der Waals surface area contributed by atoms with Crippen LogP contribution < -0.4 is 10.2 Å². The minimum Gasteiger partial charge on any atom is -0.326 e. The Morgan fingerprint density at radius 2 is 1.88 bits per heavy atom. The standard InChI is InChI=1S/C20H21ClN2O2/c1-13(2)20(25)23-10-9-15-12-17(7-8-18(15)23)22-19(24)11-14-3-5-16(21)6-4-14/h3-8,12-13H,9-11H2,1-2H3,(H,22,24). The highest BCUT2D eigenvalue weighted by molar-refractivity contribution is 6.30. The van der Waals surface area contributed by atoms with Gasteiger partial charge in [-0.2, -0.15) is 0 Å². The number of anilines is 2. The summed E-state index contributed by atoms with van der Waals surface area (Å²) in [5, 5.41) is 3.58. The number of halogens is 1. The van der Waals surface area contributed by atoms with Crippen LogP contribution in [0.4, 0.5) is 11.4 Å². The molecule has 0 radical (unpaired) electrons. The predicted molar refractivity (Wildman–Crippen MR) is 101 cm³/mol. The molecule has 0 bridgehead atoms. The molecule has 4 nitrogen and oxygen atoms in total. The van der Waals surface area contributed by atoms with Crippen molar-refractivity contribution in [2.24, 2.45) is 5.92 Å². The average Bonchev–Trinajstić information content (AvgIpc) is 2.99. The summed E-state index contributed by atoms with van der Waals surface area (Å²) >= 11 is 5.86. The van der Waals surface area contributed by atoms with E-state index >= 15 is 0 Å². The minimum absolute atomic E-state index is 0.0234. The average molecular weight is 357 g/mol. The molecule has 0 fully saturated rings. The molecule has 1 heterocycles. The zero-order valence-electron chi connectivity index (χ0n) is 14.4. The first-order chi connectivity index (χ1) is 11.9. The lowest BCUT2D eigenvalue weighted by Crippen LogP contribution is -2.32. The molecule has 0 saturated carbocycles. The van der Waals surface area contributed by atoms with Gasteiger partial charge in [0.05, 0.1) is 6.42 Å². The highest BCUT2D eigenvalue weighted by Crippen LogP contribution is 2.31. The topological polar surface area (TPSA) is 49.4 Å². The molecule has 130 valence electrons. The van der Waals surface area contributed by atoms with Gasteiger partial charge >= 0.3 is 0 Å². The maximum atomic E-state index is 12.2. The van der Waals surface area contributed by atoms with Crippen LogP contribution in [0.2, 0.25) is 5.02 Å². The van der Waals surface area contributed by atoms with Gasteiger partial charge in [-0.05, 0) is 47.9 Å². The van der Waals surface area contributed by atoms with Crippen LogP contribution >= 0.6 is 11.6 Å². The Labute approximate surface area is 152 Å². The Morgan fingerprint density at radius 3 is 2.56 bits per heavy atom. The number of hydrogen-bond donors (Lipinski definition) is 1. The number of benzene rings is 2. The smallest absolute Gasteiger partial charge is 0.229 e. The fourth-order valence-corrected chi connectivity index (χ4v) is 3.14.